The Labute approximate surface area is 179 Å². The summed E-state index contributed by atoms with van der Waals surface area (Å²) in [4.78, 5) is 13.8. The maximum atomic E-state index is 13.7. The first kappa shape index (κ1) is 21.3. The van der Waals surface area contributed by atoms with Gasteiger partial charge in [0.1, 0.15) is 5.82 Å². The average Bonchev–Trinajstić information content (AvgIpc) is 3.27. The van der Waals surface area contributed by atoms with Gasteiger partial charge in [0.05, 0.1) is 17.0 Å². The molecule has 1 amide bonds. The number of nitrogens with one attached hydrogen (secondary N) is 2. The molecule has 0 spiro atoms. The lowest BCUT2D eigenvalue weighted by Crippen LogP contribution is -2.32. The first-order valence-electron chi connectivity index (χ1n) is 9.87. The van der Waals surface area contributed by atoms with Gasteiger partial charge in [-0.15, -0.1) is 11.8 Å². The maximum absolute atomic E-state index is 13.7. The van der Waals surface area contributed by atoms with E-state index in [1.807, 2.05) is 0 Å². The number of benzene rings is 2. The zero-order valence-corrected chi connectivity index (χ0v) is 17.9. The second kappa shape index (κ2) is 9.05. The second-order valence-corrected chi connectivity index (χ2v) is 10.3. The molecular formula is C21H23FN2O4S2. The number of carbonyl (C=O) groups excluding carboxylic acids is 1. The monoisotopic (exact) mass is 450 g/mol. The smallest absolute Gasteiger partial charge is 0.251 e. The zero-order chi connectivity index (χ0) is 21.1. The summed E-state index contributed by atoms with van der Waals surface area (Å²) in [6, 6.07) is 10.2. The number of rotatable bonds is 6. The fourth-order valence-corrected chi connectivity index (χ4v) is 5.87. The van der Waals surface area contributed by atoms with Crippen LogP contribution in [0.25, 0.3) is 0 Å². The molecule has 2 aliphatic heterocycles. The minimum absolute atomic E-state index is 0.0267. The molecule has 2 atom stereocenters. The molecule has 2 aromatic rings. The number of ether oxygens (including phenoxy) is 1. The van der Waals surface area contributed by atoms with Crippen LogP contribution < -0.4 is 10.0 Å². The van der Waals surface area contributed by atoms with Gasteiger partial charge in [-0.2, -0.15) is 0 Å². The molecule has 2 N–H and O–H groups in total. The molecule has 9 heteroatoms. The van der Waals surface area contributed by atoms with Crippen molar-refractivity contribution in [1.29, 1.82) is 0 Å². The Balaban J connectivity index is 1.47. The van der Waals surface area contributed by atoms with Gasteiger partial charge >= 0.3 is 0 Å². The summed E-state index contributed by atoms with van der Waals surface area (Å²) in [5.74, 6) is 0.0738. The van der Waals surface area contributed by atoms with Crippen molar-refractivity contribution in [2.75, 3.05) is 18.9 Å². The quantitative estimate of drug-likeness (QED) is 0.706. The largest absolute Gasteiger partial charge is 0.377 e. The highest BCUT2D eigenvalue weighted by atomic mass is 32.2. The van der Waals surface area contributed by atoms with Crippen LogP contribution in [0.2, 0.25) is 0 Å². The molecule has 2 aromatic carbocycles. The van der Waals surface area contributed by atoms with Crippen LogP contribution in [0.5, 0.6) is 0 Å². The van der Waals surface area contributed by atoms with Gasteiger partial charge in [-0.3, -0.25) is 4.79 Å². The number of thioether (sulfide) groups is 1. The van der Waals surface area contributed by atoms with Crippen molar-refractivity contribution in [2.45, 2.75) is 41.2 Å². The summed E-state index contributed by atoms with van der Waals surface area (Å²) >= 11 is 1.63. The third-order valence-electron chi connectivity index (χ3n) is 5.25. The summed E-state index contributed by atoms with van der Waals surface area (Å²) in [6.45, 7) is 0.857. The van der Waals surface area contributed by atoms with Gasteiger partial charge in [0.25, 0.3) is 5.91 Å². The highest BCUT2D eigenvalue weighted by molar-refractivity contribution is 7.99. The third kappa shape index (κ3) is 4.85. The lowest BCUT2D eigenvalue weighted by Gasteiger charge is -2.26. The standard InChI is InChI=1S/C21H23FN2O4S2/c22-15-6-7-20-18(12-15)19(8-10-29-20)24-21(25)14-3-1-5-17(11-14)30(26,27)23-13-16-4-2-9-28-16/h1,3,5-7,11-12,16,19,23H,2,4,8-10,13H2,(H,24,25)/t16-,19+/m1/s1. The van der Waals surface area contributed by atoms with E-state index < -0.39 is 15.9 Å². The second-order valence-electron chi connectivity index (χ2n) is 7.36. The molecule has 0 aromatic heterocycles. The summed E-state index contributed by atoms with van der Waals surface area (Å²) in [6.07, 6.45) is 2.31. The van der Waals surface area contributed by atoms with Gasteiger partial charge in [0.2, 0.25) is 10.0 Å². The first-order chi connectivity index (χ1) is 14.4. The van der Waals surface area contributed by atoms with Crippen LogP contribution >= 0.6 is 11.8 Å². The summed E-state index contributed by atoms with van der Waals surface area (Å²) in [5, 5.41) is 2.92. The Morgan fingerprint density at radius 1 is 1.20 bits per heavy atom. The summed E-state index contributed by atoms with van der Waals surface area (Å²) in [7, 11) is -3.75. The fraction of sp³-hybridized carbons (Fsp3) is 0.381. The van der Waals surface area contributed by atoms with Gasteiger partial charge in [-0.05, 0) is 61.2 Å². The molecule has 2 heterocycles. The van der Waals surface area contributed by atoms with E-state index in [9.17, 15) is 17.6 Å². The highest BCUT2D eigenvalue weighted by Crippen LogP contribution is 2.36. The SMILES string of the molecule is O=C(N[C@H]1CCSc2ccc(F)cc21)c1cccc(S(=O)(=O)NC[C@H]2CCCO2)c1. The number of hydrogen-bond donors (Lipinski definition) is 2. The van der Waals surface area contributed by atoms with Gasteiger partial charge in [-0.25, -0.2) is 17.5 Å². The lowest BCUT2D eigenvalue weighted by molar-refractivity contribution is 0.0934. The van der Waals surface area contributed by atoms with Crippen molar-refractivity contribution in [1.82, 2.24) is 10.0 Å². The number of fused-ring (bicyclic) bond motifs is 1. The van der Waals surface area contributed by atoms with Crippen LogP contribution in [-0.4, -0.2) is 39.3 Å². The van der Waals surface area contributed by atoms with Crippen molar-refractivity contribution in [3.8, 4) is 0 Å². The molecule has 4 rings (SSSR count). The van der Waals surface area contributed by atoms with E-state index in [4.69, 9.17) is 4.74 Å². The normalized spacial score (nSPS) is 21.2. The Hall–Kier alpha value is -1.94. The van der Waals surface area contributed by atoms with Crippen molar-refractivity contribution in [3.63, 3.8) is 0 Å². The fourth-order valence-electron chi connectivity index (χ4n) is 3.65. The van der Waals surface area contributed by atoms with E-state index in [2.05, 4.69) is 10.0 Å². The van der Waals surface area contributed by atoms with Crippen LogP contribution in [0.4, 0.5) is 4.39 Å². The van der Waals surface area contributed by atoms with Crippen LogP contribution in [0.3, 0.4) is 0 Å². The first-order valence-corrected chi connectivity index (χ1v) is 12.3. The molecule has 0 bridgehead atoms. The molecule has 1 saturated heterocycles. The van der Waals surface area contributed by atoms with Gasteiger partial charge in [0.15, 0.2) is 0 Å². The molecular weight excluding hydrogens is 427 g/mol. The van der Waals surface area contributed by atoms with Crippen molar-refractivity contribution in [3.05, 3.63) is 59.4 Å². The zero-order valence-electron chi connectivity index (χ0n) is 16.3. The molecule has 2 aliphatic rings. The van der Waals surface area contributed by atoms with Crippen LogP contribution in [0, 0.1) is 5.82 Å². The third-order valence-corrected chi connectivity index (χ3v) is 7.79. The number of hydrogen-bond acceptors (Lipinski definition) is 5. The van der Waals surface area contributed by atoms with Gasteiger partial charge in [-0.1, -0.05) is 6.07 Å². The molecule has 1 fully saturated rings. The Morgan fingerprint density at radius 3 is 2.87 bits per heavy atom. The number of halogens is 1. The van der Waals surface area contributed by atoms with Crippen molar-refractivity contribution >= 4 is 27.7 Å². The Bertz CT molecular complexity index is 1040. The Kier molecular flexibility index (Phi) is 6.43. The van der Waals surface area contributed by atoms with Crippen molar-refractivity contribution in [2.24, 2.45) is 0 Å². The van der Waals surface area contributed by atoms with E-state index >= 15 is 0 Å². The number of carbonyl (C=O) groups is 1. The summed E-state index contributed by atoms with van der Waals surface area (Å²) in [5.41, 5.74) is 0.993. The maximum Gasteiger partial charge on any atom is 0.251 e. The van der Waals surface area contributed by atoms with Gasteiger partial charge < -0.3 is 10.1 Å². The predicted molar refractivity (Wildman–Crippen MR) is 113 cm³/mol. The van der Waals surface area contributed by atoms with Crippen molar-refractivity contribution < 1.29 is 22.3 Å². The topological polar surface area (TPSA) is 84.5 Å². The van der Waals surface area contributed by atoms with Gasteiger partial charge in [0, 0.05) is 29.4 Å². The van der Waals surface area contributed by atoms with Crippen LogP contribution in [0.15, 0.2) is 52.3 Å². The highest BCUT2D eigenvalue weighted by Gasteiger charge is 2.25. The number of sulfonamides is 1. The molecule has 0 aliphatic carbocycles. The minimum atomic E-state index is -3.75. The predicted octanol–water partition coefficient (Wildman–Crippen LogP) is 3.25. The molecule has 160 valence electrons. The lowest BCUT2D eigenvalue weighted by atomic mass is 10.0. The molecule has 0 unspecified atom stereocenters. The minimum Gasteiger partial charge on any atom is -0.377 e. The van der Waals surface area contributed by atoms with Crippen LogP contribution in [0.1, 0.15) is 41.2 Å². The molecule has 30 heavy (non-hydrogen) atoms. The molecule has 6 nitrogen and oxygen atoms in total. The van der Waals surface area contributed by atoms with E-state index in [1.54, 1.807) is 30.0 Å². The average molecular weight is 451 g/mol. The molecule has 0 saturated carbocycles. The molecule has 0 radical (unpaired) electrons. The van der Waals surface area contributed by atoms with E-state index in [1.165, 1.54) is 24.3 Å². The Morgan fingerprint density at radius 2 is 2.07 bits per heavy atom. The van der Waals surface area contributed by atoms with Crippen LogP contribution in [-0.2, 0) is 14.8 Å². The summed E-state index contributed by atoms with van der Waals surface area (Å²) < 4.78 is 46.9. The van der Waals surface area contributed by atoms with E-state index in [0.29, 0.717) is 13.0 Å². The number of amides is 1. The van der Waals surface area contributed by atoms with E-state index in [0.717, 1.165) is 29.1 Å². The van der Waals surface area contributed by atoms with E-state index in [-0.39, 0.29) is 35.0 Å².